The predicted octanol–water partition coefficient (Wildman–Crippen LogP) is 4.20. The number of amides is 1. The van der Waals surface area contributed by atoms with Gasteiger partial charge in [0.1, 0.15) is 6.04 Å². The summed E-state index contributed by atoms with van der Waals surface area (Å²) in [6, 6.07) is 19.5. The number of anilines is 1. The topological polar surface area (TPSA) is 113 Å². The van der Waals surface area contributed by atoms with Gasteiger partial charge in [-0.2, -0.15) is 4.72 Å². The highest BCUT2D eigenvalue weighted by molar-refractivity contribution is 7.92. The number of para-hydroxylation sites is 1. The van der Waals surface area contributed by atoms with E-state index >= 15 is 0 Å². The second-order valence-electron chi connectivity index (χ2n) is 10.6. The molecule has 1 N–H and O–H groups in total. The number of nitrogens with zero attached hydrogens (tertiary/aromatic N) is 2. The Morgan fingerprint density at radius 1 is 0.952 bits per heavy atom. The number of likely N-dealkylation sites (tertiary alicyclic amines) is 1. The van der Waals surface area contributed by atoms with Crippen molar-refractivity contribution in [3.8, 4) is 0 Å². The van der Waals surface area contributed by atoms with Crippen LogP contribution in [-0.2, 0) is 41.6 Å². The number of carbonyl (C=O) groups excluding carboxylic acids is 1. The Hall–Kier alpha value is -2.67. The van der Waals surface area contributed by atoms with Gasteiger partial charge in [0.2, 0.25) is 26.0 Å². The minimum atomic E-state index is -4.16. The predicted molar refractivity (Wildman–Crippen MR) is 163 cm³/mol. The number of ether oxygens (including phenoxy) is 1. The molecule has 224 valence electrons. The Morgan fingerprint density at radius 3 is 2.29 bits per heavy atom. The van der Waals surface area contributed by atoms with Crippen LogP contribution < -0.4 is 9.03 Å². The van der Waals surface area contributed by atoms with E-state index in [1.54, 1.807) is 11.0 Å². The fourth-order valence-electron chi connectivity index (χ4n) is 5.61. The van der Waals surface area contributed by atoms with Crippen molar-refractivity contribution in [3.05, 3.63) is 94.0 Å². The molecule has 5 rings (SSSR count). The molecule has 2 heterocycles. The van der Waals surface area contributed by atoms with Crippen molar-refractivity contribution in [1.82, 2.24) is 9.62 Å². The van der Waals surface area contributed by atoms with E-state index in [2.05, 4.69) is 4.72 Å². The van der Waals surface area contributed by atoms with Crippen molar-refractivity contribution in [3.63, 3.8) is 0 Å². The Kier molecular flexibility index (Phi) is 8.90. The fourth-order valence-corrected chi connectivity index (χ4v) is 8.17. The van der Waals surface area contributed by atoms with Crippen LogP contribution in [0.5, 0.6) is 0 Å². The van der Waals surface area contributed by atoms with Crippen LogP contribution in [0.4, 0.5) is 5.69 Å². The lowest BCUT2D eigenvalue weighted by molar-refractivity contribution is -0.136. The second-order valence-corrected chi connectivity index (χ2v) is 15.1. The van der Waals surface area contributed by atoms with Gasteiger partial charge >= 0.3 is 0 Å². The van der Waals surface area contributed by atoms with Crippen molar-refractivity contribution in [1.29, 1.82) is 0 Å². The van der Waals surface area contributed by atoms with E-state index in [0.717, 1.165) is 11.1 Å². The molecule has 13 heteroatoms. The Balaban J connectivity index is 1.34. The molecular weight excluding hydrogens is 621 g/mol. The van der Waals surface area contributed by atoms with Crippen molar-refractivity contribution in [2.75, 3.05) is 36.8 Å². The van der Waals surface area contributed by atoms with Gasteiger partial charge in [-0.25, -0.2) is 16.8 Å². The molecule has 1 fully saturated rings. The summed E-state index contributed by atoms with van der Waals surface area (Å²) in [5, 5.41) is 0.281. The summed E-state index contributed by atoms with van der Waals surface area (Å²) < 4.78 is 61.4. The van der Waals surface area contributed by atoms with Gasteiger partial charge in [0.15, 0.2) is 0 Å². The van der Waals surface area contributed by atoms with E-state index in [1.807, 2.05) is 48.5 Å². The van der Waals surface area contributed by atoms with E-state index in [-0.39, 0.29) is 28.2 Å². The standard InChI is InChI=1S/C29H31Cl2N3O6S2/c1-41(36,37)34-20-29(23-9-5-6-10-27(23)34)13-15-33(16-14-29)28(35)26(19-40-18-21-7-3-2-4-8-21)32-42(38,39)22-11-12-24(30)25(31)17-22/h2-12,17,26,32H,13-16,18-20H2,1H3. The van der Waals surface area contributed by atoms with Crippen LogP contribution in [0.15, 0.2) is 77.7 Å². The van der Waals surface area contributed by atoms with Crippen LogP contribution in [0.2, 0.25) is 10.0 Å². The summed E-state index contributed by atoms with van der Waals surface area (Å²) in [5.41, 5.74) is 2.06. The summed E-state index contributed by atoms with van der Waals surface area (Å²) in [6.45, 7) is 0.963. The van der Waals surface area contributed by atoms with Crippen LogP contribution in [0, 0.1) is 0 Å². The minimum absolute atomic E-state index is 0.0732. The van der Waals surface area contributed by atoms with Crippen LogP contribution in [0.3, 0.4) is 0 Å². The molecule has 1 unspecified atom stereocenters. The molecule has 42 heavy (non-hydrogen) atoms. The van der Waals surface area contributed by atoms with E-state index in [4.69, 9.17) is 27.9 Å². The molecule has 2 aliphatic rings. The first-order chi connectivity index (χ1) is 19.9. The van der Waals surface area contributed by atoms with Crippen molar-refractivity contribution < 1.29 is 26.4 Å². The lowest BCUT2D eigenvalue weighted by Crippen LogP contribution is -2.55. The third kappa shape index (κ3) is 6.46. The molecule has 9 nitrogen and oxygen atoms in total. The number of halogens is 2. The molecule has 2 aliphatic heterocycles. The zero-order chi connectivity index (χ0) is 30.1. The lowest BCUT2D eigenvalue weighted by Gasteiger charge is -2.40. The Bertz CT molecular complexity index is 1680. The zero-order valence-electron chi connectivity index (χ0n) is 22.9. The van der Waals surface area contributed by atoms with E-state index in [1.165, 1.54) is 28.8 Å². The van der Waals surface area contributed by atoms with E-state index in [9.17, 15) is 21.6 Å². The minimum Gasteiger partial charge on any atom is -0.375 e. The summed E-state index contributed by atoms with van der Waals surface area (Å²) >= 11 is 12.0. The summed E-state index contributed by atoms with van der Waals surface area (Å²) in [7, 11) is -7.64. The molecule has 3 aromatic carbocycles. The number of benzene rings is 3. The molecule has 1 amide bonds. The largest absolute Gasteiger partial charge is 0.375 e. The van der Waals surface area contributed by atoms with E-state index < -0.39 is 37.4 Å². The lowest BCUT2D eigenvalue weighted by atomic mass is 9.74. The van der Waals surface area contributed by atoms with Gasteiger partial charge in [-0.15, -0.1) is 0 Å². The molecule has 1 spiro atoms. The number of rotatable bonds is 9. The first kappa shape index (κ1) is 30.8. The maximum atomic E-state index is 13.8. The number of hydrogen-bond donors (Lipinski definition) is 1. The van der Waals surface area contributed by atoms with Crippen LogP contribution in [0.1, 0.15) is 24.0 Å². The Labute approximate surface area is 256 Å². The average Bonchev–Trinajstić information content (AvgIpc) is 3.29. The van der Waals surface area contributed by atoms with Gasteiger partial charge < -0.3 is 9.64 Å². The number of carbonyl (C=O) groups is 1. The van der Waals surface area contributed by atoms with Gasteiger partial charge in [-0.1, -0.05) is 71.7 Å². The number of nitrogens with one attached hydrogen (secondary N) is 1. The number of piperidine rings is 1. The Morgan fingerprint density at radius 2 is 1.62 bits per heavy atom. The highest BCUT2D eigenvalue weighted by Gasteiger charge is 2.48. The zero-order valence-corrected chi connectivity index (χ0v) is 26.0. The number of hydrogen-bond acceptors (Lipinski definition) is 6. The highest BCUT2D eigenvalue weighted by Crippen LogP contribution is 2.47. The smallest absolute Gasteiger partial charge is 0.243 e. The quantitative estimate of drug-likeness (QED) is 0.371. The molecule has 0 bridgehead atoms. The SMILES string of the molecule is CS(=O)(=O)N1CC2(CCN(C(=O)C(COCc3ccccc3)NS(=O)(=O)c3ccc(Cl)c(Cl)c3)CC2)c2ccccc21. The first-order valence-electron chi connectivity index (χ1n) is 13.3. The van der Waals surface area contributed by atoms with Gasteiger partial charge in [-0.05, 0) is 48.2 Å². The van der Waals surface area contributed by atoms with Crippen molar-refractivity contribution in [2.24, 2.45) is 0 Å². The molecule has 0 saturated carbocycles. The van der Waals surface area contributed by atoms with Crippen LogP contribution >= 0.6 is 23.2 Å². The summed E-state index contributed by atoms with van der Waals surface area (Å²) in [5.74, 6) is -0.423. The maximum Gasteiger partial charge on any atom is 0.243 e. The molecule has 1 saturated heterocycles. The highest BCUT2D eigenvalue weighted by atomic mass is 35.5. The normalized spacial score (nSPS) is 17.3. The third-order valence-electron chi connectivity index (χ3n) is 7.82. The van der Waals surface area contributed by atoms with Crippen molar-refractivity contribution in [2.45, 2.75) is 35.8 Å². The molecule has 0 radical (unpaired) electrons. The average molecular weight is 653 g/mol. The summed E-state index contributed by atoms with van der Waals surface area (Å²) in [4.78, 5) is 15.3. The van der Waals surface area contributed by atoms with Crippen molar-refractivity contribution >= 4 is 54.8 Å². The number of sulfonamides is 2. The van der Waals surface area contributed by atoms with Gasteiger partial charge in [0.05, 0.1) is 40.1 Å². The van der Waals surface area contributed by atoms with Gasteiger partial charge in [0, 0.05) is 25.0 Å². The molecule has 0 aliphatic carbocycles. The van der Waals surface area contributed by atoms with E-state index in [0.29, 0.717) is 38.2 Å². The second kappa shape index (κ2) is 12.1. The molecular formula is C29H31Cl2N3O6S2. The molecule has 1 atom stereocenters. The number of fused-ring (bicyclic) bond motifs is 2. The van der Waals surface area contributed by atoms with Gasteiger partial charge in [-0.3, -0.25) is 9.10 Å². The van der Waals surface area contributed by atoms with Gasteiger partial charge in [0.25, 0.3) is 0 Å². The summed E-state index contributed by atoms with van der Waals surface area (Å²) in [6.07, 6.45) is 2.25. The fraction of sp³-hybridized carbons (Fsp3) is 0.345. The molecule has 3 aromatic rings. The third-order valence-corrected chi connectivity index (χ3v) is 11.2. The van der Waals surface area contributed by atoms with Crippen LogP contribution in [0.25, 0.3) is 0 Å². The monoisotopic (exact) mass is 651 g/mol. The maximum absolute atomic E-state index is 13.8. The molecule has 0 aromatic heterocycles. The first-order valence-corrected chi connectivity index (χ1v) is 17.4. The van der Waals surface area contributed by atoms with Crippen LogP contribution in [-0.4, -0.2) is 66.2 Å².